The summed E-state index contributed by atoms with van der Waals surface area (Å²) in [6, 6.07) is 6.43. The van der Waals surface area contributed by atoms with Crippen LogP contribution in [0.5, 0.6) is 5.75 Å². The fraction of sp³-hybridized carbons (Fsp3) is 0.0588. The Morgan fingerprint density at radius 2 is 2.04 bits per heavy atom. The zero-order chi connectivity index (χ0) is 18.4. The molecule has 0 saturated carbocycles. The molecule has 0 radical (unpaired) electrons. The molecule has 0 amide bonds. The third-order valence-electron chi connectivity index (χ3n) is 3.00. The second-order valence-electron chi connectivity index (χ2n) is 4.80. The smallest absolute Gasteiger partial charge is 0.433 e. The molecule has 130 valence electrons. The number of nitrogens with two attached hydrogens (primary N) is 1. The van der Waals surface area contributed by atoms with Crippen molar-refractivity contribution in [2.75, 3.05) is 0 Å². The Kier molecular flexibility index (Phi) is 5.43. The lowest BCUT2D eigenvalue weighted by atomic mass is 10.1. The lowest BCUT2D eigenvalue weighted by molar-refractivity contribution is -0.141. The minimum absolute atomic E-state index is 0.0684. The van der Waals surface area contributed by atoms with Crippen molar-refractivity contribution < 1.29 is 17.9 Å². The molecule has 0 unspecified atom stereocenters. The SMILES string of the molecule is C=C(Oc1ccc(C(F)(F)F)nc1)/C(=C\C=C/N)c1cccc(=O)[nH]1. The summed E-state index contributed by atoms with van der Waals surface area (Å²) in [4.78, 5) is 17.4. The molecule has 0 aliphatic carbocycles. The molecule has 0 atom stereocenters. The Hall–Kier alpha value is -3.29. The Morgan fingerprint density at radius 1 is 1.28 bits per heavy atom. The van der Waals surface area contributed by atoms with Crippen molar-refractivity contribution in [2.24, 2.45) is 5.73 Å². The molecule has 0 aliphatic heterocycles. The van der Waals surface area contributed by atoms with Gasteiger partial charge in [-0.3, -0.25) is 4.79 Å². The standard InChI is InChI=1S/C17H14F3N3O2/c1-11(25-12-7-8-15(22-10-12)17(18,19)20)13(4-3-9-21)14-5-2-6-16(24)23-14/h2-10H,1,21H2,(H,23,24)/b9-3-,13-4+. The molecule has 0 aliphatic rings. The molecule has 3 N–H and O–H groups in total. The van der Waals surface area contributed by atoms with E-state index in [1.54, 1.807) is 18.2 Å². The van der Waals surface area contributed by atoms with E-state index in [9.17, 15) is 18.0 Å². The molecule has 2 aromatic rings. The third-order valence-corrected chi connectivity index (χ3v) is 3.00. The summed E-state index contributed by atoms with van der Waals surface area (Å²) in [6.45, 7) is 3.74. The predicted molar refractivity (Wildman–Crippen MR) is 87.4 cm³/mol. The van der Waals surface area contributed by atoms with Gasteiger partial charge in [0.25, 0.3) is 0 Å². The molecule has 0 fully saturated rings. The van der Waals surface area contributed by atoms with Crippen molar-refractivity contribution in [3.63, 3.8) is 0 Å². The molecule has 2 heterocycles. The summed E-state index contributed by atoms with van der Waals surface area (Å²) in [6.07, 6.45) is 0.730. The van der Waals surface area contributed by atoms with Gasteiger partial charge in [-0.25, -0.2) is 4.98 Å². The van der Waals surface area contributed by atoms with Crippen LogP contribution < -0.4 is 16.0 Å². The summed E-state index contributed by atoms with van der Waals surface area (Å²) in [7, 11) is 0. The maximum atomic E-state index is 12.5. The molecule has 0 saturated heterocycles. The van der Waals surface area contributed by atoms with Crippen LogP contribution in [0.1, 0.15) is 11.4 Å². The minimum atomic E-state index is -4.53. The number of nitrogens with zero attached hydrogens (tertiary/aromatic N) is 1. The van der Waals surface area contributed by atoms with Gasteiger partial charge in [-0.2, -0.15) is 13.2 Å². The maximum absolute atomic E-state index is 12.5. The van der Waals surface area contributed by atoms with Gasteiger partial charge in [-0.05, 0) is 36.6 Å². The Balaban J connectivity index is 2.27. The van der Waals surface area contributed by atoms with Crippen LogP contribution in [0, 0.1) is 0 Å². The number of nitrogens with one attached hydrogen (secondary N) is 1. The number of hydrogen-bond donors (Lipinski definition) is 2. The summed E-state index contributed by atoms with van der Waals surface area (Å²) in [5.41, 5.74) is 4.77. The van der Waals surface area contributed by atoms with Crippen molar-refractivity contribution in [1.82, 2.24) is 9.97 Å². The van der Waals surface area contributed by atoms with Crippen molar-refractivity contribution in [1.29, 1.82) is 0 Å². The minimum Gasteiger partial charge on any atom is -0.456 e. The third kappa shape index (κ3) is 4.84. The molecule has 25 heavy (non-hydrogen) atoms. The van der Waals surface area contributed by atoms with Crippen molar-refractivity contribution in [3.8, 4) is 5.75 Å². The predicted octanol–water partition coefficient (Wildman–Crippen LogP) is 3.24. The van der Waals surface area contributed by atoms with E-state index in [2.05, 4.69) is 16.5 Å². The van der Waals surface area contributed by atoms with E-state index in [1.165, 1.54) is 18.3 Å². The van der Waals surface area contributed by atoms with E-state index >= 15 is 0 Å². The van der Waals surface area contributed by atoms with Crippen LogP contribution in [0.3, 0.4) is 0 Å². The topological polar surface area (TPSA) is 81.0 Å². The fourth-order valence-electron chi connectivity index (χ4n) is 1.90. The van der Waals surface area contributed by atoms with Gasteiger partial charge in [0.1, 0.15) is 17.2 Å². The van der Waals surface area contributed by atoms with Gasteiger partial charge in [0.15, 0.2) is 0 Å². The number of H-pyrrole nitrogens is 1. The molecular formula is C17H14F3N3O2. The van der Waals surface area contributed by atoms with Crippen LogP contribution in [-0.2, 0) is 6.18 Å². The van der Waals surface area contributed by atoms with E-state index in [0.29, 0.717) is 11.3 Å². The molecular weight excluding hydrogens is 335 g/mol. The summed E-state index contributed by atoms with van der Waals surface area (Å²) >= 11 is 0. The highest BCUT2D eigenvalue weighted by molar-refractivity contribution is 5.76. The normalized spacial score (nSPS) is 12.4. The highest BCUT2D eigenvalue weighted by Crippen LogP contribution is 2.29. The fourth-order valence-corrected chi connectivity index (χ4v) is 1.90. The van der Waals surface area contributed by atoms with Gasteiger partial charge in [0.2, 0.25) is 5.56 Å². The number of aromatic nitrogens is 2. The van der Waals surface area contributed by atoms with Crippen molar-refractivity contribution in [2.45, 2.75) is 6.18 Å². The van der Waals surface area contributed by atoms with Crippen molar-refractivity contribution in [3.05, 3.63) is 89.0 Å². The Labute approximate surface area is 141 Å². The number of ether oxygens (including phenoxy) is 1. The highest BCUT2D eigenvalue weighted by atomic mass is 19.4. The largest absolute Gasteiger partial charge is 0.456 e. The Morgan fingerprint density at radius 3 is 2.60 bits per heavy atom. The lowest BCUT2D eigenvalue weighted by Crippen LogP contribution is -2.09. The first-order valence-electron chi connectivity index (χ1n) is 7.00. The molecule has 0 aromatic carbocycles. The second-order valence-corrected chi connectivity index (χ2v) is 4.80. The number of rotatable bonds is 5. The molecule has 8 heteroatoms. The highest BCUT2D eigenvalue weighted by Gasteiger charge is 2.32. The number of allylic oxidation sites excluding steroid dienone is 3. The number of halogens is 3. The average molecular weight is 349 g/mol. The monoisotopic (exact) mass is 349 g/mol. The summed E-state index contributed by atoms with van der Waals surface area (Å²) < 4.78 is 43.0. The quantitative estimate of drug-likeness (QED) is 0.641. The second kappa shape index (κ2) is 7.52. The van der Waals surface area contributed by atoms with Gasteiger partial charge >= 0.3 is 6.18 Å². The summed E-state index contributed by atoms with van der Waals surface area (Å²) in [5, 5.41) is 0. The average Bonchev–Trinajstić information content (AvgIpc) is 2.55. The zero-order valence-corrected chi connectivity index (χ0v) is 12.9. The van der Waals surface area contributed by atoms with Gasteiger partial charge in [0.05, 0.1) is 11.9 Å². The van der Waals surface area contributed by atoms with Crippen LogP contribution in [0.2, 0.25) is 0 Å². The Bertz CT molecular complexity index is 866. The van der Waals surface area contributed by atoms with E-state index in [-0.39, 0.29) is 17.1 Å². The number of alkyl halides is 3. The first-order valence-corrected chi connectivity index (χ1v) is 7.00. The van der Waals surface area contributed by atoms with Crippen molar-refractivity contribution >= 4 is 5.57 Å². The van der Waals surface area contributed by atoms with E-state index in [4.69, 9.17) is 10.5 Å². The first kappa shape index (κ1) is 18.1. The number of aromatic amines is 1. The van der Waals surface area contributed by atoms with Gasteiger partial charge in [-0.1, -0.05) is 12.6 Å². The van der Waals surface area contributed by atoms with Crippen LogP contribution >= 0.6 is 0 Å². The molecule has 2 rings (SSSR count). The van der Waals surface area contributed by atoms with Gasteiger partial charge < -0.3 is 15.5 Å². The molecule has 5 nitrogen and oxygen atoms in total. The van der Waals surface area contributed by atoms with Crippen LogP contribution in [0.15, 0.2) is 72.0 Å². The maximum Gasteiger partial charge on any atom is 0.433 e. The number of pyridine rings is 2. The van der Waals surface area contributed by atoms with E-state index in [1.807, 2.05) is 0 Å². The first-order chi connectivity index (χ1) is 11.8. The van der Waals surface area contributed by atoms with Gasteiger partial charge in [0, 0.05) is 11.6 Å². The van der Waals surface area contributed by atoms with E-state index < -0.39 is 11.9 Å². The number of hydrogen-bond acceptors (Lipinski definition) is 4. The lowest BCUT2D eigenvalue weighted by Gasteiger charge is -2.13. The van der Waals surface area contributed by atoms with Crippen LogP contribution in [0.4, 0.5) is 13.2 Å². The molecule has 2 aromatic heterocycles. The van der Waals surface area contributed by atoms with E-state index in [0.717, 1.165) is 18.3 Å². The molecule has 0 spiro atoms. The van der Waals surface area contributed by atoms with Gasteiger partial charge in [-0.15, -0.1) is 0 Å². The zero-order valence-electron chi connectivity index (χ0n) is 12.9. The summed E-state index contributed by atoms with van der Waals surface area (Å²) in [5.74, 6) is 0.167. The van der Waals surface area contributed by atoms with Crippen LogP contribution in [-0.4, -0.2) is 9.97 Å². The molecule has 0 bridgehead atoms. The van der Waals surface area contributed by atoms with Crippen LogP contribution in [0.25, 0.3) is 5.57 Å².